The third-order valence-electron chi connectivity index (χ3n) is 6.80. The second-order valence-electron chi connectivity index (χ2n) is 8.73. The van der Waals surface area contributed by atoms with Crippen LogP contribution in [0.3, 0.4) is 0 Å². The maximum atomic E-state index is 5.81. The van der Waals surface area contributed by atoms with E-state index in [2.05, 4.69) is 16.7 Å². The summed E-state index contributed by atoms with van der Waals surface area (Å²) in [5.74, 6) is 2.71. The Balaban J connectivity index is 1.54. The molecule has 158 valence electrons. The lowest BCUT2D eigenvalue weighted by molar-refractivity contribution is 0.0331. The van der Waals surface area contributed by atoms with Gasteiger partial charge in [0, 0.05) is 38.2 Å². The Morgan fingerprint density at radius 1 is 1.14 bits per heavy atom. The van der Waals surface area contributed by atoms with Crippen molar-refractivity contribution < 1.29 is 9.47 Å². The van der Waals surface area contributed by atoms with Crippen molar-refractivity contribution in [1.29, 1.82) is 0 Å². The molecule has 0 spiro atoms. The lowest BCUT2D eigenvalue weighted by Gasteiger charge is -2.37. The van der Waals surface area contributed by atoms with Crippen molar-refractivity contribution in [1.82, 2.24) is 14.9 Å². The van der Waals surface area contributed by atoms with Crippen molar-refractivity contribution in [3.05, 3.63) is 16.3 Å². The Morgan fingerprint density at radius 2 is 1.97 bits per heavy atom. The Bertz CT molecular complexity index is 864. The van der Waals surface area contributed by atoms with Gasteiger partial charge in [0.25, 0.3) is 0 Å². The molecule has 6 nitrogen and oxygen atoms in total. The number of aromatic nitrogens is 2. The molecule has 29 heavy (non-hydrogen) atoms. The van der Waals surface area contributed by atoms with Crippen LogP contribution in [0.2, 0.25) is 0 Å². The van der Waals surface area contributed by atoms with E-state index in [0.29, 0.717) is 5.92 Å². The predicted octanol–water partition coefficient (Wildman–Crippen LogP) is 3.26. The fraction of sp³-hybridized carbons (Fsp3) is 0.727. The maximum Gasteiger partial charge on any atom is 0.146 e. The number of ether oxygens (including phenoxy) is 2. The van der Waals surface area contributed by atoms with Gasteiger partial charge in [-0.15, -0.1) is 11.3 Å². The standard InChI is InChI=1S/C22H32N4O2S/c1-15-7-8-26(13-17(15)27-2)21-20-16-5-3-4-6-18(16)29-22(20)24-19(23-21)14-25-9-11-28-12-10-25/h15,17H,3-14H2,1-2H3. The molecule has 2 saturated heterocycles. The molecular formula is C22H32N4O2S. The van der Waals surface area contributed by atoms with Crippen LogP contribution < -0.4 is 4.90 Å². The summed E-state index contributed by atoms with van der Waals surface area (Å²) in [4.78, 5) is 17.8. The largest absolute Gasteiger partial charge is 0.379 e. The molecule has 1 aliphatic carbocycles. The maximum absolute atomic E-state index is 5.81. The first-order chi connectivity index (χ1) is 14.2. The molecule has 3 aliphatic rings. The average molecular weight is 417 g/mol. The van der Waals surface area contributed by atoms with Crippen LogP contribution in [0, 0.1) is 5.92 Å². The van der Waals surface area contributed by atoms with E-state index in [-0.39, 0.29) is 6.10 Å². The van der Waals surface area contributed by atoms with Crippen LogP contribution in [0.25, 0.3) is 10.2 Å². The minimum atomic E-state index is 0.269. The van der Waals surface area contributed by atoms with Gasteiger partial charge >= 0.3 is 0 Å². The van der Waals surface area contributed by atoms with Crippen LogP contribution >= 0.6 is 11.3 Å². The Hall–Kier alpha value is -1.28. The lowest BCUT2D eigenvalue weighted by atomic mass is 9.94. The van der Waals surface area contributed by atoms with Crippen LogP contribution in [-0.2, 0) is 28.9 Å². The summed E-state index contributed by atoms with van der Waals surface area (Å²) >= 11 is 1.91. The number of hydrogen-bond acceptors (Lipinski definition) is 7. The van der Waals surface area contributed by atoms with Gasteiger partial charge in [-0.3, -0.25) is 4.90 Å². The van der Waals surface area contributed by atoms with E-state index in [0.717, 1.165) is 64.0 Å². The summed E-state index contributed by atoms with van der Waals surface area (Å²) in [6.07, 6.45) is 6.38. The molecule has 0 saturated carbocycles. The molecule has 7 heteroatoms. The predicted molar refractivity (Wildman–Crippen MR) is 117 cm³/mol. The van der Waals surface area contributed by atoms with Crippen LogP contribution in [0.15, 0.2) is 0 Å². The summed E-state index contributed by atoms with van der Waals surface area (Å²) < 4.78 is 11.3. The highest BCUT2D eigenvalue weighted by atomic mass is 32.1. The highest BCUT2D eigenvalue weighted by Crippen LogP contribution is 2.40. The van der Waals surface area contributed by atoms with Crippen molar-refractivity contribution in [3.63, 3.8) is 0 Å². The van der Waals surface area contributed by atoms with E-state index < -0.39 is 0 Å². The number of anilines is 1. The number of morpholine rings is 1. The van der Waals surface area contributed by atoms with Gasteiger partial charge in [-0.1, -0.05) is 6.92 Å². The van der Waals surface area contributed by atoms with E-state index in [4.69, 9.17) is 19.4 Å². The number of rotatable bonds is 4. The summed E-state index contributed by atoms with van der Waals surface area (Å²) in [7, 11) is 1.84. The van der Waals surface area contributed by atoms with Crippen molar-refractivity contribution in [2.24, 2.45) is 5.92 Å². The smallest absolute Gasteiger partial charge is 0.146 e. The number of piperidine rings is 1. The average Bonchev–Trinajstić information content (AvgIpc) is 3.13. The van der Waals surface area contributed by atoms with E-state index in [9.17, 15) is 0 Å². The quantitative estimate of drug-likeness (QED) is 0.763. The molecule has 0 N–H and O–H groups in total. The van der Waals surface area contributed by atoms with Gasteiger partial charge in [-0.05, 0) is 43.6 Å². The Kier molecular flexibility index (Phi) is 5.74. The SMILES string of the molecule is COC1CN(c2nc(CN3CCOCC3)nc3sc4c(c23)CCCC4)CCC1C. The fourth-order valence-corrected chi connectivity index (χ4v) is 6.25. The molecule has 2 aliphatic heterocycles. The summed E-state index contributed by atoms with van der Waals surface area (Å²) in [6, 6.07) is 0. The summed E-state index contributed by atoms with van der Waals surface area (Å²) in [6.45, 7) is 8.63. The topological polar surface area (TPSA) is 50.7 Å². The molecule has 5 rings (SSSR count). The number of aryl methyl sites for hydroxylation is 2. The van der Waals surface area contributed by atoms with Gasteiger partial charge in [0.2, 0.25) is 0 Å². The first-order valence-corrected chi connectivity index (χ1v) is 11.9. The monoisotopic (exact) mass is 416 g/mol. The fourth-order valence-electron chi connectivity index (χ4n) is 4.97. The second-order valence-corrected chi connectivity index (χ2v) is 9.81. The number of nitrogens with zero attached hydrogens (tertiary/aromatic N) is 4. The molecular weight excluding hydrogens is 384 g/mol. The number of fused-ring (bicyclic) bond motifs is 3. The van der Waals surface area contributed by atoms with E-state index in [1.807, 2.05) is 18.4 Å². The van der Waals surface area contributed by atoms with Crippen molar-refractivity contribution in [2.45, 2.75) is 51.7 Å². The molecule has 2 aromatic rings. The molecule has 2 unspecified atom stereocenters. The van der Waals surface area contributed by atoms with Crippen LogP contribution in [-0.4, -0.2) is 67.5 Å². The zero-order valence-corrected chi connectivity index (χ0v) is 18.5. The van der Waals surface area contributed by atoms with Crippen molar-refractivity contribution in [2.75, 3.05) is 51.4 Å². The van der Waals surface area contributed by atoms with Gasteiger partial charge in [0.1, 0.15) is 16.5 Å². The number of hydrogen-bond donors (Lipinski definition) is 0. The van der Waals surface area contributed by atoms with E-state index in [1.165, 1.54) is 41.5 Å². The highest BCUT2D eigenvalue weighted by molar-refractivity contribution is 7.19. The zero-order valence-electron chi connectivity index (χ0n) is 17.7. The summed E-state index contributed by atoms with van der Waals surface area (Å²) in [5.41, 5.74) is 1.52. The van der Waals surface area contributed by atoms with Gasteiger partial charge in [-0.25, -0.2) is 9.97 Å². The normalized spacial score (nSPS) is 26.1. The third kappa shape index (κ3) is 3.90. The highest BCUT2D eigenvalue weighted by Gasteiger charge is 2.30. The Morgan fingerprint density at radius 3 is 2.79 bits per heavy atom. The number of methoxy groups -OCH3 is 1. The van der Waals surface area contributed by atoms with E-state index in [1.54, 1.807) is 4.88 Å². The van der Waals surface area contributed by atoms with Gasteiger partial charge < -0.3 is 14.4 Å². The molecule has 0 amide bonds. The molecule has 4 heterocycles. The second kappa shape index (κ2) is 8.46. The first kappa shape index (κ1) is 19.7. The van der Waals surface area contributed by atoms with Crippen LogP contribution in [0.5, 0.6) is 0 Å². The minimum absolute atomic E-state index is 0.269. The molecule has 2 atom stereocenters. The van der Waals surface area contributed by atoms with Gasteiger partial charge in [-0.2, -0.15) is 0 Å². The zero-order chi connectivity index (χ0) is 19.8. The third-order valence-corrected chi connectivity index (χ3v) is 7.99. The van der Waals surface area contributed by atoms with Crippen LogP contribution in [0.4, 0.5) is 5.82 Å². The van der Waals surface area contributed by atoms with Gasteiger partial charge in [0.15, 0.2) is 0 Å². The molecule has 0 radical (unpaired) electrons. The van der Waals surface area contributed by atoms with E-state index >= 15 is 0 Å². The lowest BCUT2D eigenvalue weighted by Crippen LogP contribution is -2.44. The number of thiophene rings is 1. The van der Waals surface area contributed by atoms with Gasteiger partial charge in [0.05, 0.1) is 31.2 Å². The van der Waals surface area contributed by atoms with Crippen LogP contribution in [0.1, 0.15) is 42.5 Å². The molecule has 2 aromatic heterocycles. The van der Waals surface area contributed by atoms with Crippen molar-refractivity contribution >= 4 is 27.4 Å². The van der Waals surface area contributed by atoms with Crippen molar-refractivity contribution in [3.8, 4) is 0 Å². The molecule has 0 aromatic carbocycles. The first-order valence-electron chi connectivity index (χ1n) is 11.1. The molecule has 2 fully saturated rings. The molecule has 0 bridgehead atoms. The minimum Gasteiger partial charge on any atom is -0.379 e. The summed E-state index contributed by atoms with van der Waals surface area (Å²) in [5, 5.41) is 1.33. The Labute approximate surface area is 177 Å².